The van der Waals surface area contributed by atoms with Gasteiger partial charge >= 0.3 is 0 Å². The summed E-state index contributed by atoms with van der Waals surface area (Å²) < 4.78 is 46.6. The van der Waals surface area contributed by atoms with E-state index < -0.39 is 29.4 Å². The molecule has 1 amide bonds. The second-order valence-electron chi connectivity index (χ2n) is 5.92. The Balaban J connectivity index is 1.97. The van der Waals surface area contributed by atoms with E-state index in [1.165, 1.54) is 32.0 Å². The van der Waals surface area contributed by atoms with E-state index in [0.717, 1.165) is 18.2 Å². The van der Waals surface area contributed by atoms with Crippen LogP contribution >= 0.6 is 11.6 Å². The number of nitrogens with one attached hydrogen (secondary N) is 1. The molecule has 4 nitrogen and oxygen atoms in total. The predicted octanol–water partition coefficient (Wildman–Crippen LogP) is 5.21. The molecule has 8 heteroatoms. The van der Waals surface area contributed by atoms with Crippen molar-refractivity contribution >= 4 is 17.5 Å². The van der Waals surface area contributed by atoms with E-state index in [2.05, 4.69) is 10.5 Å². The molecule has 0 bridgehead atoms. The Hall–Kier alpha value is -2.80. The first kappa shape index (κ1) is 19.0. The third-order valence-corrected chi connectivity index (χ3v) is 4.38. The van der Waals surface area contributed by atoms with Crippen LogP contribution in [-0.4, -0.2) is 11.1 Å². The van der Waals surface area contributed by atoms with Crippen LogP contribution in [0.5, 0.6) is 0 Å². The van der Waals surface area contributed by atoms with Gasteiger partial charge in [0.15, 0.2) is 0 Å². The largest absolute Gasteiger partial charge is 0.360 e. The zero-order chi connectivity index (χ0) is 19.7. The molecule has 0 aliphatic heterocycles. The molecule has 0 radical (unpaired) electrons. The molecule has 0 aliphatic rings. The third kappa shape index (κ3) is 3.68. The SMILES string of the molecule is Cc1onc(-c2c(F)cccc2Cl)c1C(=O)N[C@@H](C)c1cc(F)ccc1F. The molecule has 1 heterocycles. The second kappa shape index (κ2) is 7.44. The lowest BCUT2D eigenvalue weighted by Crippen LogP contribution is -2.28. The van der Waals surface area contributed by atoms with E-state index in [4.69, 9.17) is 16.1 Å². The number of halogens is 4. The number of benzene rings is 2. The maximum atomic E-state index is 14.2. The van der Waals surface area contributed by atoms with Crippen molar-refractivity contribution in [3.05, 3.63) is 75.8 Å². The number of aromatic nitrogens is 1. The molecule has 140 valence electrons. The molecular formula is C19H14ClF3N2O2. The van der Waals surface area contributed by atoms with Crippen molar-refractivity contribution in [3.63, 3.8) is 0 Å². The van der Waals surface area contributed by atoms with E-state index in [0.29, 0.717) is 0 Å². The molecule has 3 rings (SSSR count). The van der Waals surface area contributed by atoms with E-state index >= 15 is 0 Å². The van der Waals surface area contributed by atoms with Gasteiger partial charge in [0.25, 0.3) is 5.91 Å². The summed E-state index contributed by atoms with van der Waals surface area (Å²) in [5.41, 5.74) is -0.209. The molecule has 0 saturated carbocycles. The first-order chi connectivity index (χ1) is 12.8. The van der Waals surface area contributed by atoms with Crippen LogP contribution in [0.15, 0.2) is 40.9 Å². The highest BCUT2D eigenvalue weighted by Gasteiger charge is 2.27. The summed E-state index contributed by atoms with van der Waals surface area (Å²) >= 11 is 6.05. The lowest BCUT2D eigenvalue weighted by atomic mass is 10.0. The van der Waals surface area contributed by atoms with Gasteiger partial charge in [0.05, 0.1) is 16.6 Å². The van der Waals surface area contributed by atoms with E-state index in [1.54, 1.807) is 0 Å². The highest BCUT2D eigenvalue weighted by Crippen LogP contribution is 2.33. The quantitative estimate of drug-likeness (QED) is 0.660. The van der Waals surface area contributed by atoms with E-state index in [1.807, 2.05) is 0 Å². The van der Waals surface area contributed by atoms with Crippen LogP contribution < -0.4 is 5.32 Å². The van der Waals surface area contributed by atoms with Crippen molar-refractivity contribution in [3.8, 4) is 11.3 Å². The Kier molecular flexibility index (Phi) is 5.23. The minimum absolute atomic E-state index is 0.0251. The van der Waals surface area contributed by atoms with Crippen LogP contribution in [0.2, 0.25) is 5.02 Å². The molecule has 1 aromatic heterocycles. The van der Waals surface area contributed by atoms with Crippen molar-refractivity contribution in [1.29, 1.82) is 0 Å². The fourth-order valence-corrected chi connectivity index (χ4v) is 2.98. The molecular weight excluding hydrogens is 381 g/mol. The fourth-order valence-electron chi connectivity index (χ4n) is 2.73. The molecule has 0 aliphatic carbocycles. The summed E-state index contributed by atoms with van der Waals surface area (Å²) in [4.78, 5) is 12.7. The van der Waals surface area contributed by atoms with Crippen molar-refractivity contribution in [1.82, 2.24) is 10.5 Å². The summed E-state index contributed by atoms with van der Waals surface area (Å²) in [5, 5.41) is 6.35. The lowest BCUT2D eigenvalue weighted by molar-refractivity contribution is 0.0938. The van der Waals surface area contributed by atoms with Gasteiger partial charge in [-0.15, -0.1) is 0 Å². The summed E-state index contributed by atoms with van der Waals surface area (Å²) in [6.45, 7) is 2.97. The van der Waals surface area contributed by atoms with Crippen LogP contribution in [0.4, 0.5) is 13.2 Å². The normalized spacial score (nSPS) is 12.1. The van der Waals surface area contributed by atoms with Gasteiger partial charge < -0.3 is 9.84 Å². The number of rotatable bonds is 4. The van der Waals surface area contributed by atoms with Gasteiger partial charge in [0, 0.05) is 5.56 Å². The standard InChI is InChI=1S/C19H14ClF3N2O2/c1-9(12-8-11(21)6-7-14(12)22)24-19(26)16-10(2)27-25-18(16)17-13(20)4-3-5-15(17)23/h3-9H,1-2H3,(H,24,26)/t9-/m0/s1. The van der Waals surface area contributed by atoms with Crippen molar-refractivity contribution in [2.45, 2.75) is 19.9 Å². The number of nitrogens with zero attached hydrogens (tertiary/aromatic N) is 1. The van der Waals surface area contributed by atoms with Crippen LogP contribution in [0, 0.1) is 24.4 Å². The molecule has 0 saturated heterocycles. The first-order valence-corrected chi connectivity index (χ1v) is 8.34. The minimum Gasteiger partial charge on any atom is -0.360 e. The molecule has 1 atom stereocenters. The van der Waals surface area contributed by atoms with Crippen LogP contribution in [0.3, 0.4) is 0 Å². The molecule has 27 heavy (non-hydrogen) atoms. The average Bonchev–Trinajstić information content (AvgIpc) is 2.98. The molecule has 0 spiro atoms. The lowest BCUT2D eigenvalue weighted by Gasteiger charge is -2.15. The number of hydrogen-bond acceptors (Lipinski definition) is 3. The Morgan fingerprint density at radius 3 is 2.63 bits per heavy atom. The Bertz CT molecular complexity index is 1000. The average molecular weight is 395 g/mol. The Morgan fingerprint density at radius 2 is 1.93 bits per heavy atom. The number of aryl methyl sites for hydroxylation is 1. The van der Waals surface area contributed by atoms with Gasteiger partial charge in [0.1, 0.15) is 34.5 Å². The number of carbonyl (C=O) groups is 1. The number of hydrogen-bond donors (Lipinski definition) is 1. The number of carbonyl (C=O) groups excluding carboxylic acids is 1. The van der Waals surface area contributed by atoms with Crippen LogP contribution in [0.25, 0.3) is 11.3 Å². The second-order valence-corrected chi connectivity index (χ2v) is 6.33. The predicted molar refractivity (Wildman–Crippen MR) is 93.9 cm³/mol. The van der Waals surface area contributed by atoms with E-state index in [-0.39, 0.29) is 33.2 Å². The molecule has 2 aromatic carbocycles. The monoisotopic (exact) mass is 394 g/mol. The van der Waals surface area contributed by atoms with Gasteiger partial charge in [-0.05, 0) is 44.2 Å². The third-order valence-electron chi connectivity index (χ3n) is 4.06. The highest BCUT2D eigenvalue weighted by atomic mass is 35.5. The van der Waals surface area contributed by atoms with Crippen molar-refractivity contribution in [2.24, 2.45) is 0 Å². The number of amides is 1. The molecule has 0 fully saturated rings. The van der Waals surface area contributed by atoms with Crippen molar-refractivity contribution in [2.75, 3.05) is 0 Å². The molecule has 0 unspecified atom stereocenters. The molecule has 3 aromatic rings. The van der Waals surface area contributed by atoms with Gasteiger partial charge in [-0.3, -0.25) is 4.79 Å². The zero-order valence-corrected chi connectivity index (χ0v) is 15.1. The van der Waals surface area contributed by atoms with E-state index in [9.17, 15) is 18.0 Å². The topological polar surface area (TPSA) is 55.1 Å². The highest BCUT2D eigenvalue weighted by molar-refractivity contribution is 6.33. The van der Waals surface area contributed by atoms with Crippen molar-refractivity contribution < 1.29 is 22.5 Å². The Labute approximate surface area is 157 Å². The summed E-state index contributed by atoms with van der Waals surface area (Å²) in [5.74, 6) is -2.52. The smallest absolute Gasteiger partial charge is 0.257 e. The van der Waals surface area contributed by atoms with Gasteiger partial charge in [0.2, 0.25) is 0 Å². The van der Waals surface area contributed by atoms with Crippen LogP contribution in [0.1, 0.15) is 34.6 Å². The van der Waals surface area contributed by atoms with Gasteiger partial charge in [-0.25, -0.2) is 13.2 Å². The minimum atomic E-state index is -0.855. The first-order valence-electron chi connectivity index (χ1n) is 7.96. The summed E-state index contributed by atoms with van der Waals surface area (Å²) in [6, 6.07) is 6.15. The van der Waals surface area contributed by atoms with Crippen LogP contribution in [-0.2, 0) is 0 Å². The maximum Gasteiger partial charge on any atom is 0.257 e. The van der Waals surface area contributed by atoms with Gasteiger partial charge in [-0.1, -0.05) is 22.8 Å². The summed E-state index contributed by atoms with van der Waals surface area (Å²) in [6.07, 6.45) is 0. The maximum absolute atomic E-state index is 14.2. The zero-order valence-electron chi connectivity index (χ0n) is 14.3. The summed E-state index contributed by atoms with van der Waals surface area (Å²) in [7, 11) is 0. The molecule has 1 N–H and O–H groups in total. The van der Waals surface area contributed by atoms with Gasteiger partial charge in [-0.2, -0.15) is 0 Å². The fraction of sp³-hybridized carbons (Fsp3) is 0.158. The Morgan fingerprint density at radius 1 is 1.19 bits per heavy atom.